The second-order valence-electron chi connectivity index (χ2n) is 3.86. The zero-order valence-electron chi connectivity index (χ0n) is 9.43. The van der Waals surface area contributed by atoms with Gasteiger partial charge in [0, 0.05) is 13.3 Å². The van der Waals surface area contributed by atoms with Gasteiger partial charge in [0.25, 0.3) is 0 Å². The molecule has 0 aliphatic heterocycles. The summed E-state index contributed by atoms with van der Waals surface area (Å²) in [5.74, 6) is 0.534. The molecule has 0 heterocycles. The lowest BCUT2D eigenvalue weighted by Gasteiger charge is -2.15. The molecule has 2 rings (SSSR count). The fourth-order valence-electron chi connectivity index (χ4n) is 1.73. The van der Waals surface area contributed by atoms with E-state index in [4.69, 9.17) is 9.47 Å². The van der Waals surface area contributed by atoms with Crippen LogP contribution in [0, 0.1) is 0 Å². The molecule has 0 aromatic heterocycles. The van der Waals surface area contributed by atoms with Gasteiger partial charge in [-0.15, -0.1) is 0 Å². The number of hydrogen-bond donors (Lipinski definition) is 0. The fraction of sp³-hybridized carbons (Fsp3) is 0.308. The first kappa shape index (κ1) is 12.2. The van der Waals surface area contributed by atoms with Crippen LogP contribution in [0.15, 0.2) is 40.9 Å². The summed E-state index contributed by atoms with van der Waals surface area (Å²) < 4.78 is 11.8. The topological polar surface area (TPSA) is 35.5 Å². The van der Waals surface area contributed by atoms with Gasteiger partial charge in [-0.25, -0.2) is 0 Å². The Labute approximate surface area is 109 Å². The molecule has 4 heteroatoms. The van der Waals surface area contributed by atoms with Crippen LogP contribution in [0.2, 0.25) is 0 Å². The van der Waals surface area contributed by atoms with Gasteiger partial charge in [0.05, 0.1) is 4.47 Å². The van der Waals surface area contributed by atoms with E-state index in [1.807, 2.05) is 36.4 Å². The fourth-order valence-corrected chi connectivity index (χ4v) is 2.10. The van der Waals surface area contributed by atoms with Crippen molar-refractivity contribution in [3.05, 3.63) is 40.9 Å². The highest BCUT2D eigenvalue weighted by molar-refractivity contribution is 9.10. The molecule has 90 valence electrons. The summed E-state index contributed by atoms with van der Waals surface area (Å²) in [6.07, 6.45) is 4.25. The maximum atomic E-state index is 10.8. The third-order valence-corrected chi connectivity index (χ3v) is 3.09. The molecule has 0 spiro atoms. The van der Waals surface area contributed by atoms with Crippen LogP contribution in [-0.2, 0) is 9.53 Å². The standard InChI is InChI=1S/C13H13BrO3/c1-9(15)16-10-6-7-11(8-10)17-13-5-3-2-4-12(13)14/h2-7,10-11H,8H2,1H3/t10-,11?/m0/s1. The zero-order valence-corrected chi connectivity index (χ0v) is 11.0. The molecule has 1 aliphatic carbocycles. The van der Waals surface area contributed by atoms with Gasteiger partial charge in [-0.1, -0.05) is 12.1 Å². The minimum absolute atomic E-state index is 0.0435. The van der Waals surface area contributed by atoms with Crippen LogP contribution >= 0.6 is 15.9 Å². The summed E-state index contributed by atoms with van der Waals surface area (Å²) in [5.41, 5.74) is 0. The summed E-state index contributed by atoms with van der Waals surface area (Å²) in [4.78, 5) is 10.8. The maximum absolute atomic E-state index is 10.8. The SMILES string of the molecule is CC(=O)O[C@H]1C=CC(Oc2ccccc2Br)C1. The number of esters is 1. The number of benzene rings is 1. The number of carbonyl (C=O) groups is 1. The predicted octanol–water partition coefficient (Wildman–Crippen LogP) is 3.09. The number of rotatable bonds is 3. The Morgan fingerprint density at radius 3 is 2.71 bits per heavy atom. The van der Waals surface area contributed by atoms with Crippen molar-refractivity contribution in [2.75, 3.05) is 0 Å². The molecule has 0 saturated heterocycles. The highest BCUT2D eigenvalue weighted by atomic mass is 79.9. The summed E-state index contributed by atoms with van der Waals surface area (Å²) >= 11 is 3.42. The Morgan fingerprint density at radius 2 is 2.00 bits per heavy atom. The molecule has 1 aliphatic rings. The number of para-hydroxylation sites is 1. The number of hydrogen-bond acceptors (Lipinski definition) is 3. The van der Waals surface area contributed by atoms with Crippen molar-refractivity contribution < 1.29 is 14.3 Å². The highest BCUT2D eigenvalue weighted by Gasteiger charge is 2.22. The normalized spacial score (nSPS) is 22.5. The Hall–Kier alpha value is -1.29. The smallest absolute Gasteiger partial charge is 0.303 e. The van der Waals surface area contributed by atoms with E-state index >= 15 is 0 Å². The van der Waals surface area contributed by atoms with Crippen LogP contribution in [0.4, 0.5) is 0 Å². The number of halogens is 1. The lowest BCUT2D eigenvalue weighted by Crippen LogP contribution is -2.18. The van der Waals surface area contributed by atoms with Gasteiger partial charge in [-0.2, -0.15) is 0 Å². The van der Waals surface area contributed by atoms with Crippen LogP contribution in [0.1, 0.15) is 13.3 Å². The van der Waals surface area contributed by atoms with Crippen molar-refractivity contribution >= 4 is 21.9 Å². The van der Waals surface area contributed by atoms with Crippen LogP contribution in [-0.4, -0.2) is 18.2 Å². The molecule has 0 saturated carbocycles. The first-order valence-corrected chi connectivity index (χ1v) is 6.21. The van der Waals surface area contributed by atoms with E-state index < -0.39 is 0 Å². The molecule has 1 aromatic rings. The summed E-state index contributed by atoms with van der Waals surface area (Å²) in [6.45, 7) is 1.41. The molecular weight excluding hydrogens is 284 g/mol. The molecule has 17 heavy (non-hydrogen) atoms. The van der Waals surface area contributed by atoms with Crippen molar-refractivity contribution in [3.63, 3.8) is 0 Å². The monoisotopic (exact) mass is 296 g/mol. The van der Waals surface area contributed by atoms with E-state index in [2.05, 4.69) is 15.9 Å². The lowest BCUT2D eigenvalue weighted by atomic mass is 10.2. The Bertz CT molecular complexity index is 442. The van der Waals surface area contributed by atoms with Gasteiger partial charge in [-0.05, 0) is 40.2 Å². The first-order chi connectivity index (χ1) is 8.15. The van der Waals surface area contributed by atoms with Gasteiger partial charge in [0.15, 0.2) is 0 Å². The van der Waals surface area contributed by atoms with Crippen molar-refractivity contribution in [2.24, 2.45) is 0 Å². The Morgan fingerprint density at radius 1 is 1.29 bits per heavy atom. The molecule has 0 radical (unpaired) electrons. The van der Waals surface area contributed by atoms with Crippen LogP contribution in [0.25, 0.3) is 0 Å². The highest BCUT2D eigenvalue weighted by Crippen LogP contribution is 2.27. The number of carbonyl (C=O) groups excluding carboxylic acids is 1. The third-order valence-electron chi connectivity index (χ3n) is 2.44. The minimum Gasteiger partial charge on any atom is -0.485 e. The summed E-state index contributed by atoms with van der Waals surface area (Å²) in [6, 6.07) is 7.68. The molecular formula is C13H13BrO3. The van der Waals surface area contributed by atoms with Crippen LogP contribution in [0.5, 0.6) is 5.75 Å². The van der Waals surface area contributed by atoms with E-state index in [0.29, 0.717) is 6.42 Å². The van der Waals surface area contributed by atoms with Crippen molar-refractivity contribution in [2.45, 2.75) is 25.6 Å². The zero-order chi connectivity index (χ0) is 12.3. The van der Waals surface area contributed by atoms with Crippen molar-refractivity contribution in [1.29, 1.82) is 0 Å². The van der Waals surface area contributed by atoms with E-state index in [-0.39, 0.29) is 18.2 Å². The molecule has 0 bridgehead atoms. The molecule has 3 nitrogen and oxygen atoms in total. The van der Waals surface area contributed by atoms with Gasteiger partial charge < -0.3 is 9.47 Å². The molecule has 0 N–H and O–H groups in total. The van der Waals surface area contributed by atoms with Crippen molar-refractivity contribution in [3.8, 4) is 5.75 Å². The molecule has 0 fully saturated rings. The molecule has 2 atom stereocenters. The van der Waals surface area contributed by atoms with E-state index in [9.17, 15) is 4.79 Å². The van der Waals surface area contributed by atoms with Gasteiger partial charge in [0.2, 0.25) is 0 Å². The second kappa shape index (κ2) is 5.36. The van der Waals surface area contributed by atoms with E-state index in [0.717, 1.165) is 10.2 Å². The average molecular weight is 297 g/mol. The van der Waals surface area contributed by atoms with Crippen LogP contribution < -0.4 is 4.74 Å². The first-order valence-electron chi connectivity index (χ1n) is 5.42. The maximum Gasteiger partial charge on any atom is 0.303 e. The second-order valence-corrected chi connectivity index (χ2v) is 4.71. The summed E-state index contributed by atoms with van der Waals surface area (Å²) in [5, 5.41) is 0. The largest absolute Gasteiger partial charge is 0.485 e. The minimum atomic E-state index is -0.263. The average Bonchev–Trinajstić information content (AvgIpc) is 2.68. The van der Waals surface area contributed by atoms with E-state index in [1.165, 1.54) is 6.92 Å². The molecule has 1 unspecified atom stereocenters. The van der Waals surface area contributed by atoms with Gasteiger partial charge >= 0.3 is 5.97 Å². The molecule has 1 aromatic carbocycles. The number of ether oxygens (including phenoxy) is 2. The lowest BCUT2D eigenvalue weighted by molar-refractivity contribution is -0.144. The van der Waals surface area contributed by atoms with Gasteiger partial charge in [-0.3, -0.25) is 4.79 Å². The predicted molar refractivity (Wildman–Crippen MR) is 67.9 cm³/mol. The van der Waals surface area contributed by atoms with Crippen molar-refractivity contribution in [1.82, 2.24) is 0 Å². The Kier molecular flexibility index (Phi) is 3.84. The quantitative estimate of drug-likeness (QED) is 0.635. The van der Waals surface area contributed by atoms with Gasteiger partial charge in [0.1, 0.15) is 18.0 Å². The summed E-state index contributed by atoms with van der Waals surface area (Å²) in [7, 11) is 0. The Balaban J connectivity index is 1.93. The third kappa shape index (κ3) is 3.33. The van der Waals surface area contributed by atoms with E-state index in [1.54, 1.807) is 0 Å². The van der Waals surface area contributed by atoms with Crippen LogP contribution in [0.3, 0.4) is 0 Å². The molecule has 0 amide bonds.